The summed E-state index contributed by atoms with van der Waals surface area (Å²) in [6, 6.07) is 24.1. The van der Waals surface area contributed by atoms with E-state index in [9.17, 15) is 9.59 Å². The number of hydrogen-bond donors (Lipinski definition) is 2. The summed E-state index contributed by atoms with van der Waals surface area (Å²) < 4.78 is 8.30. The van der Waals surface area contributed by atoms with Crippen LogP contribution < -0.4 is 21.1 Å². The van der Waals surface area contributed by atoms with Gasteiger partial charge in [0.1, 0.15) is 22.5 Å². The van der Waals surface area contributed by atoms with Gasteiger partial charge < -0.3 is 14.6 Å². The Morgan fingerprint density at radius 2 is 1.75 bits per heavy atom. The lowest BCUT2D eigenvalue weighted by atomic mass is 10.1. The number of fused-ring (bicyclic) bond motifs is 2. The Morgan fingerprint density at radius 1 is 1.00 bits per heavy atom. The van der Waals surface area contributed by atoms with Crippen LogP contribution in [0.15, 0.2) is 89.9 Å². The average Bonchev–Trinajstić information content (AvgIpc) is 2.91. The third-order valence-electron chi connectivity index (χ3n) is 6.10. The quantitative estimate of drug-likeness (QED) is 0.350. The number of amides is 1. The zero-order chi connectivity index (χ0) is 25.1. The van der Waals surface area contributed by atoms with Crippen molar-refractivity contribution in [3.05, 3.63) is 118 Å². The number of hydrogen-bond acceptors (Lipinski definition) is 5. The predicted molar refractivity (Wildman–Crippen MR) is 137 cm³/mol. The van der Waals surface area contributed by atoms with Gasteiger partial charge in [-0.15, -0.1) is 0 Å². The van der Waals surface area contributed by atoms with Gasteiger partial charge in [0.05, 0.1) is 24.6 Å². The standard InChI is InChI=1S/C28H25N5O3/c1-36-21-12-10-20(11-13-21)18-33-25(29)22(27(34)30-15-14-19-7-3-2-4-8-19)17-23-26(33)31-24-9-5-6-16-32(24)28(23)35/h2-13,16-17,29H,14-15,18H2,1H3,(H,30,34). The lowest BCUT2D eigenvalue weighted by molar-refractivity contribution is 0.0951. The molecule has 36 heavy (non-hydrogen) atoms. The summed E-state index contributed by atoms with van der Waals surface area (Å²) in [5.74, 6) is 0.312. The first kappa shape index (κ1) is 23.0. The number of nitrogens with zero attached hydrogens (tertiary/aromatic N) is 3. The first-order chi connectivity index (χ1) is 17.5. The predicted octanol–water partition coefficient (Wildman–Crippen LogP) is 3.16. The van der Waals surface area contributed by atoms with E-state index in [4.69, 9.17) is 10.1 Å². The molecular formula is C28H25N5O3. The van der Waals surface area contributed by atoms with Crippen LogP contribution in [-0.4, -0.2) is 33.5 Å². The fraction of sp³-hybridized carbons (Fsp3) is 0.143. The van der Waals surface area contributed by atoms with E-state index < -0.39 is 5.91 Å². The van der Waals surface area contributed by atoms with Crippen molar-refractivity contribution in [2.75, 3.05) is 13.7 Å². The molecule has 0 radical (unpaired) electrons. The van der Waals surface area contributed by atoms with E-state index in [0.29, 0.717) is 30.0 Å². The van der Waals surface area contributed by atoms with Gasteiger partial charge in [-0.25, -0.2) is 4.98 Å². The van der Waals surface area contributed by atoms with Crippen LogP contribution in [0.25, 0.3) is 16.7 Å². The highest BCUT2D eigenvalue weighted by atomic mass is 16.5. The van der Waals surface area contributed by atoms with Gasteiger partial charge in [0, 0.05) is 12.7 Å². The van der Waals surface area contributed by atoms with E-state index in [1.807, 2.05) is 54.6 Å². The number of ether oxygens (including phenoxy) is 1. The van der Waals surface area contributed by atoms with Gasteiger partial charge in [-0.3, -0.25) is 19.4 Å². The summed E-state index contributed by atoms with van der Waals surface area (Å²) in [6.45, 7) is 0.674. The van der Waals surface area contributed by atoms with Crippen LogP contribution in [0.2, 0.25) is 0 Å². The van der Waals surface area contributed by atoms with Crippen LogP contribution in [-0.2, 0) is 13.0 Å². The molecular weight excluding hydrogens is 454 g/mol. The number of rotatable bonds is 7. The number of aromatic nitrogens is 3. The summed E-state index contributed by atoms with van der Waals surface area (Å²) in [7, 11) is 1.60. The minimum Gasteiger partial charge on any atom is -0.497 e. The number of nitrogens with one attached hydrogen (secondary N) is 2. The molecule has 0 bridgehead atoms. The van der Waals surface area contributed by atoms with Crippen molar-refractivity contribution in [3.63, 3.8) is 0 Å². The molecule has 2 N–H and O–H groups in total. The normalized spacial score (nSPS) is 11.0. The van der Waals surface area contributed by atoms with Crippen molar-refractivity contribution in [2.45, 2.75) is 13.0 Å². The number of carbonyl (C=O) groups is 1. The van der Waals surface area contributed by atoms with E-state index >= 15 is 0 Å². The molecule has 0 aliphatic rings. The molecule has 8 nitrogen and oxygen atoms in total. The molecule has 0 saturated heterocycles. The fourth-order valence-corrected chi connectivity index (χ4v) is 4.19. The lowest BCUT2D eigenvalue weighted by Gasteiger charge is -2.15. The zero-order valence-corrected chi connectivity index (χ0v) is 19.8. The van der Waals surface area contributed by atoms with Crippen molar-refractivity contribution in [1.29, 1.82) is 5.41 Å². The molecule has 0 saturated carbocycles. The highest BCUT2D eigenvalue weighted by Crippen LogP contribution is 2.15. The van der Waals surface area contributed by atoms with Crippen LogP contribution >= 0.6 is 0 Å². The number of benzene rings is 2. The van der Waals surface area contributed by atoms with Crippen LogP contribution in [0.4, 0.5) is 0 Å². The molecule has 0 atom stereocenters. The average molecular weight is 480 g/mol. The largest absolute Gasteiger partial charge is 0.497 e. The second-order valence-corrected chi connectivity index (χ2v) is 8.42. The Hall–Kier alpha value is -4.72. The maximum Gasteiger partial charge on any atom is 0.267 e. The van der Waals surface area contributed by atoms with Crippen LogP contribution in [0.5, 0.6) is 5.75 Å². The number of methoxy groups -OCH3 is 1. The molecule has 3 heterocycles. The zero-order valence-electron chi connectivity index (χ0n) is 19.8. The molecule has 0 aliphatic carbocycles. The smallest absolute Gasteiger partial charge is 0.267 e. The molecule has 0 aliphatic heterocycles. The molecule has 180 valence electrons. The maximum absolute atomic E-state index is 13.4. The van der Waals surface area contributed by atoms with Crippen LogP contribution in [0.3, 0.4) is 0 Å². The molecule has 5 rings (SSSR count). The summed E-state index contributed by atoms with van der Waals surface area (Å²) in [4.78, 5) is 31.2. The second-order valence-electron chi connectivity index (χ2n) is 8.42. The molecule has 5 aromatic rings. The topological polar surface area (TPSA) is 101 Å². The van der Waals surface area contributed by atoms with E-state index in [-0.39, 0.29) is 28.5 Å². The first-order valence-corrected chi connectivity index (χ1v) is 11.6. The number of pyridine rings is 2. The minimum atomic E-state index is -0.404. The maximum atomic E-state index is 13.4. The first-order valence-electron chi connectivity index (χ1n) is 11.6. The van der Waals surface area contributed by atoms with E-state index in [0.717, 1.165) is 11.1 Å². The minimum absolute atomic E-state index is 0.0114. The Labute approximate surface area is 207 Å². The van der Waals surface area contributed by atoms with E-state index in [1.54, 1.807) is 36.1 Å². The molecule has 8 heteroatoms. The van der Waals surface area contributed by atoms with Gasteiger partial charge in [0.15, 0.2) is 0 Å². The SMILES string of the molecule is COc1ccc(Cn2c(=N)c(C(=O)NCCc3ccccc3)cc3c(=O)n4ccccc4nc32)cc1. The third kappa shape index (κ3) is 4.48. The van der Waals surface area contributed by atoms with Crippen molar-refractivity contribution in [1.82, 2.24) is 19.3 Å². The van der Waals surface area contributed by atoms with Crippen LogP contribution in [0, 0.1) is 5.41 Å². The van der Waals surface area contributed by atoms with Gasteiger partial charge in [0.2, 0.25) is 0 Å². The fourth-order valence-electron chi connectivity index (χ4n) is 4.19. The van der Waals surface area contributed by atoms with Crippen molar-refractivity contribution < 1.29 is 9.53 Å². The van der Waals surface area contributed by atoms with Gasteiger partial charge in [-0.05, 0) is 47.9 Å². The highest BCUT2D eigenvalue weighted by molar-refractivity contribution is 5.96. The summed E-state index contributed by atoms with van der Waals surface area (Å²) >= 11 is 0. The highest BCUT2D eigenvalue weighted by Gasteiger charge is 2.17. The van der Waals surface area contributed by atoms with Gasteiger partial charge in [0.25, 0.3) is 11.5 Å². The van der Waals surface area contributed by atoms with E-state index in [1.165, 1.54) is 10.5 Å². The van der Waals surface area contributed by atoms with E-state index in [2.05, 4.69) is 10.3 Å². The monoisotopic (exact) mass is 479 g/mol. The Balaban J connectivity index is 1.59. The Kier molecular flexibility index (Phi) is 6.32. The van der Waals surface area contributed by atoms with Crippen LogP contribution in [0.1, 0.15) is 21.5 Å². The summed E-state index contributed by atoms with van der Waals surface area (Å²) in [5, 5.41) is 12.1. The Morgan fingerprint density at radius 3 is 2.50 bits per heavy atom. The molecule has 2 aromatic carbocycles. The van der Waals surface area contributed by atoms with Crippen molar-refractivity contribution in [3.8, 4) is 5.75 Å². The van der Waals surface area contributed by atoms with Crippen molar-refractivity contribution >= 4 is 22.6 Å². The molecule has 1 amide bonds. The molecule has 3 aromatic heterocycles. The van der Waals surface area contributed by atoms with Gasteiger partial charge in [-0.1, -0.05) is 48.5 Å². The Bertz CT molecular complexity index is 1670. The van der Waals surface area contributed by atoms with Crippen molar-refractivity contribution in [2.24, 2.45) is 0 Å². The lowest BCUT2D eigenvalue weighted by Crippen LogP contribution is -2.35. The molecule has 0 spiro atoms. The molecule has 0 unspecified atom stereocenters. The molecule has 0 fully saturated rings. The number of carbonyl (C=O) groups excluding carboxylic acids is 1. The van der Waals surface area contributed by atoms with Gasteiger partial charge in [-0.2, -0.15) is 0 Å². The third-order valence-corrected chi connectivity index (χ3v) is 6.10. The summed E-state index contributed by atoms with van der Waals surface area (Å²) in [6.07, 6.45) is 2.31. The second kappa shape index (κ2) is 9.87. The summed E-state index contributed by atoms with van der Waals surface area (Å²) in [5.41, 5.74) is 2.63. The van der Waals surface area contributed by atoms with Gasteiger partial charge >= 0.3 is 0 Å².